The summed E-state index contributed by atoms with van der Waals surface area (Å²) in [5, 5.41) is 4.51. The molecule has 5 heteroatoms. The van der Waals surface area contributed by atoms with Crippen LogP contribution in [0.15, 0.2) is 53.6 Å². The zero-order chi connectivity index (χ0) is 14.4. The van der Waals surface area contributed by atoms with Crippen LogP contribution in [0.3, 0.4) is 0 Å². The molecule has 0 atom stereocenters. The van der Waals surface area contributed by atoms with Gasteiger partial charge in [-0.2, -0.15) is 5.10 Å². The average Bonchev–Trinajstić information content (AvgIpc) is 2.47. The van der Waals surface area contributed by atoms with Crippen molar-refractivity contribution in [3.05, 3.63) is 64.7 Å². The van der Waals surface area contributed by atoms with Gasteiger partial charge in [-0.25, -0.2) is 5.43 Å². The highest BCUT2D eigenvalue weighted by molar-refractivity contribution is 6.30. The Bertz CT molecular complexity index is 624. The lowest BCUT2D eigenvalue weighted by molar-refractivity contribution is 0.0955. The molecule has 0 radical (unpaired) electrons. The van der Waals surface area contributed by atoms with E-state index in [1.165, 1.54) is 6.21 Å². The minimum Gasteiger partial charge on any atom is -0.497 e. The van der Waals surface area contributed by atoms with E-state index in [0.29, 0.717) is 16.3 Å². The van der Waals surface area contributed by atoms with Crippen molar-refractivity contribution >= 4 is 23.7 Å². The molecule has 20 heavy (non-hydrogen) atoms. The predicted octanol–water partition coefficient (Wildman–Crippen LogP) is 3.11. The van der Waals surface area contributed by atoms with E-state index in [1.807, 2.05) is 12.1 Å². The molecule has 0 aromatic heterocycles. The van der Waals surface area contributed by atoms with E-state index in [9.17, 15) is 4.79 Å². The van der Waals surface area contributed by atoms with Gasteiger partial charge in [-0.15, -0.1) is 0 Å². The lowest BCUT2D eigenvalue weighted by Crippen LogP contribution is -2.17. The lowest BCUT2D eigenvalue weighted by atomic mass is 10.2. The molecule has 0 saturated carbocycles. The normalized spacial score (nSPS) is 10.5. The fraction of sp³-hybridized carbons (Fsp3) is 0.0667. The van der Waals surface area contributed by atoms with Crippen LogP contribution in [0.25, 0.3) is 0 Å². The highest BCUT2D eigenvalue weighted by Crippen LogP contribution is 2.11. The van der Waals surface area contributed by atoms with Gasteiger partial charge in [0, 0.05) is 10.6 Å². The summed E-state index contributed by atoms with van der Waals surface area (Å²) in [5.74, 6) is 0.412. The molecular formula is C15H13ClN2O2. The number of amides is 1. The molecular weight excluding hydrogens is 276 g/mol. The van der Waals surface area contributed by atoms with Crippen LogP contribution in [0, 0.1) is 0 Å². The quantitative estimate of drug-likeness (QED) is 0.694. The number of halogens is 1. The summed E-state index contributed by atoms with van der Waals surface area (Å²) in [6, 6.07) is 14.0. The third kappa shape index (κ3) is 3.83. The van der Waals surface area contributed by atoms with Crippen LogP contribution < -0.4 is 10.2 Å². The monoisotopic (exact) mass is 288 g/mol. The zero-order valence-electron chi connectivity index (χ0n) is 10.8. The molecule has 0 aliphatic carbocycles. The van der Waals surface area contributed by atoms with E-state index >= 15 is 0 Å². The molecule has 0 fully saturated rings. The van der Waals surface area contributed by atoms with Crippen molar-refractivity contribution in [1.82, 2.24) is 5.43 Å². The maximum atomic E-state index is 11.8. The number of carbonyl (C=O) groups excluding carboxylic acids is 1. The minimum atomic E-state index is -0.286. The van der Waals surface area contributed by atoms with Gasteiger partial charge in [0.1, 0.15) is 5.75 Å². The summed E-state index contributed by atoms with van der Waals surface area (Å²) in [6.07, 6.45) is 1.54. The minimum absolute atomic E-state index is 0.286. The van der Waals surface area contributed by atoms with E-state index in [-0.39, 0.29) is 5.91 Å². The van der Waals surface area contributed by atoms with E-state index < -0.39 is 0 Å². The highest BCUT2D eigenvalue weighted by Gasteiger charge is 2.03. The number of hydrazone groups is 1. The third-order valence-corrected chi connectivity index (χ3v) is 2.82. The standard InChI is InChI=1S/C15H13ClN2O2/c1-20-14-7-5-12(6-8-14)15(19)18-17-10-11-3-2-4-13(16)9-11/h2-10H,1H3,(H,18,19)/b17-10-. The van der Waals surface area contributed by atoms with Gasteiger partial charge < -0.3 is 4.74 Å². The molecule has 0 saturated heterocycles. The Hall–Kier alpha value is -2.33. The van der Waals surface area contributed by atoms with Crippen molar-refractivity contribution < 1.29 is 9.53 Å². The smallest absolute Gasteiger partial charge is 0.271 e. The summed E-state index contributed by atoms with van der Waals surface area (Å²) in [6.45, 7) is 0. The second-order valence-electron chi connectivity index (χ2n) is 3.98. The van der Waals surface area contributed by atoms with Gasteiger partial charge in [-0.1, -0.05) is 23.7 Å². The summed E-state index contributed by atoms with van der Waals surface area (Å²) in [7, 11) is 1.57. The van der Waals surface area contributed by atoms with E-state index in [1.54, 1.807) is 43.5 Å². The fourth-order valence-electron chi connectivity index (χ4n) is 1.56. The molecule has 0 aliphatic rings. The van der Waals surface area contributed by atoms with E-state index in [0.717, 1.165) is 5.56 Å². The molecule has 1 N–H and O–H groups in total. The molecule has 0 aliphatic heterocycles. The topological polar surface area (TPSA) is 50.7 Å². The summed E-state index contributed by atoms with van der Waals surface area (Å²) in [4.78, 5) is 11.8. The van der Waals surface area contributed by atoms with Gasteiger partial charge in [-0.3, -0.25) is 4.79 Å². The van der Waals surface area contributed by atoms with Crippen LogP contribution >= 0.6 is 11.6 Å². The zero-order valence-corrected chi connectivity index (χ0v) is 11.6. The van der Waals surface area contributed by atoms with Crippen LogP contribution in [0.2, 0.25) is 5.02 Å². The summed E-state index contributed by atoms with van der Waals surface area (Å²) >= 11 is 5.85. The Kier molecular flexibility index (Phi) is 4.74. The lowest BCUT2D eigenvalue weighted by Gasteiger charge is -2.02. The van der Waals surface area contributed by atoms with Gasteiger partial charge in [-0.05, 0) is 42.0 Å². The van der Waals surface area contributed by atoms with Gasteiger partial charge in [0.25, 0.3) is 5.91 Å². The van der Waals surface area contributed by atoms with Crippen LogP contribution in [0.5, 0.6) is 5.75 Å². The maximum Gasteiger partial charge on any atom is 0.271 e. The van der Waals surface area contributed by atoms with Crippen LogP contribution in [-0.2, 0) is 0 Å². The molecule has 1 amide bonds. The van der Waals surface area contributed by atoms with Crippen LogP contribution in [-0.4, -0.2) is 19.2 Å². The molecule has 2 aromatic carbocycles. The van der Waals surface area contributed by atoms with E-state index in [4.69, 9.17) is 16.3 Å². The van der Waals surface area contributed by atoms with Gasteiger partial charge in [0.05, 0.1) is 13.3 Å². The Morgan fingerprint density at radius 1 is 1.25 bits per heavy atom. The number of hydrogen-bond donors (Lipinski definition) is 1. The molecule has 4 nitrogen and oxygen atoms in total. The first-order valence-corrected chi connectivity index (χ1v) is 6.30. The first kappa shape index (κ1) is 14.1. The predicted molar refractivity (Wildman–Crippen MR) is 79.5 cm³/mol. The number of nitrogens with zero attached hydrogens (tertiary/aromatic N) is 1. The van der Waals surface area contributed by atoms with Gasteiger partial charge in [0.15, 0.2) is 0 Å². The Labute approximate surface area is 122 Å². The molecule has 102 valence electrons. The SMILES string of the molecule is COc1ccc(C(=O)N/N=C\c2cccc(Cl)c2)cc1. The first-order chi connectivity index (χ1) is 9.69. The summed E-state index contributed by atoms with van der Waals surface area (Å²) in [5.41, 5.74) is 3.77. The second kappa shape index (κ2) is 6.73. The molecule has 0 spiro atoms. The largest absolute Gasteiger partial charge is 0.497 e. The highest BCUT2D eigenvalue weighted by atomic mass is 35.5. The van der Waals surface area contributed by atoms with Crippen molar-refractivity contribution in [2.75, 3.05) is 7.11 Å². The van der Waals surface area contributed by atoms with Gasteiger partial charge in [0.2, 0.25) is 0 Å². The van der Waals surface area contributed by atoms with Crippen molar-refractivity contribution in [1.29, 1.82) is 0 Å². The molecule has 0 unspecified atom stereocenters. The van der Waals surface area contributed by atoms with Crippen LogP contribution in [0.1, 0.15) is 15.9 Å². The van der Waals surface area contributed by atoms with Gasteiger partial charge >= 0.3 is 0 Å². The Morgan fingerprint density at radius 3 is 2.65 bits per heavy atom. The second-order valence-corrected chi connectivity index (χ2v) is 4.42. The number of benzene rings is 2. The summed E-state index contributed by atoms with van der Waals surface area (Å²) < 4.78 is 5.03. The van der Waals surface area contributed by atoms with Crippen molar-refractivity contribution in [3.8, 4) is 5.75 Å². The molecule has 2 rings (SSSR count). The van der Waals surface area contributed by atoms with Crippen molar-refractivity contribution in [2.24, 2.45) is 5.10 Å². The van der Waals surface area contributed by atoms with Crippen molar-refractivity contribution in [3.63, 3.8) is 0 Å². The Morgan fingerprint density at radius 2 is 2.00 bits per heavy atom. The Balaban J connectivity index is 1.97. The molecule has 0 heterocycles. The fourth-order valence-corrected chi connectivity index (χ4v) is 1.76. The number of ether oxygens (including phenoxy) is 1. The number of methoxy groups -OCH3 is 1. The number of carbonyl (C=O) groups is 1. The number of nitrogens with one attached hydrogen (secondary N) is 1. The number of hydrogen-bond acceptors (Lipinski definition) is 3. The number of rotatable bonds is 4. The van der Waals surface area contributed by atoms with Crippen LogP contribution in [0.4, 0.5) is 0 Å². The molecule has 0 bridgehead atoms. The third-order valence-electron chi connectivity index (χ3n) is 2.58. The maximum absolute atomic E-state index is 11.8. The van der Waals surface area contributed by atoms with Crippen molar-refractivity contribution in [2.45, 2.75) is 0 Å². The van der Waals surface area contributed by atoms with E-state index in [2.05, 4.69) is 10.5 Å². The first-order valence-electron chi connectivity index (χ1n) is 5.92. The average molecular weight is 289 g/mol. The molecule has 2 aromatic rings.